The maximum Gasteiger partial charge on any atom is 0.238 e. The molecule has 0 spiro atoms. The Bertz CT molecular complexity index is 187. The number of halogens is 2. The summed E-state index contributed by atoms with van der Waals surface area (Å²) in [6.07, 6.45) is 1.07. The molecular formula is C15H31F2N. The Morgan fingerprint density at radius 3 is 1.94 bits per heavy atom. The van der Waals surface area contributed by atoms with E-state index in [-0.39, 0.29) is 12.3 Å². The molecule has 1 aliphatic heterocycles. The minimum atomic E-state index is -2.13. The normalized spacial score (nSPS) is 19.8. The van der Waals surface area contributed by atoms with Gasteiger partial charge in [0.15, 0.2) is 0 Å². The molecule has 110 valence electrons. The van der Waals surface area contributed by atoms with Crippen molar-refractivity contribution in [2.24, 2.45) is 11.8 Å². The van der Waals surface area contributed by atoms with Crippen molar-refractivity contribution in [1.29, 1.82) is 0 Å². The standard InChI is InChI=1S/C13H25F2N.C2H6/c1-4-11(9-13(14)15)12-5-7-16(8-6-12)10(2)3;1-2/h10-13H,4-9H2,1-3H3;1-2H3. The minimum Gasteiger partial charge on any atom is -0.301 e. The molecule has 0 saturated carbocycles. The van der Waals surface area contributed by atoms with Gasteiger partial charge in [0.25, 0.3) is 0 Å². The van der Waals surface area contributed by atoms with Crippen molar-refractivity contribution in [3.05, 3.63) is 0 Å². The van der Waals surface area contributed by atoms with Gasteiger partial charge in [-0.2, -0.15) is 0 Å². The summed E-state index contributed by atoms with van der Waals surface area (Å²) in [7, 11) is 0. The van der Waals surface area contributed by atoms with Crippen LogP contribution in [0.25, 0.3) is 0 Å². The van der Waals surface area contributed by atoms with Crippen molar-refractivity contribution in [2.45, 2.75) is 72.8 Å². The number of rotatable bonds is 5. The van der Waals surface area contributed by atoms with Crippen LogP contribution in [0, 0.1) is 11.8 Å². The third-order valence-electron chi connectivity index (χ3n) is 3.98. The molecule has 0 aliphatic carbocycles. The predicted molar refractivity (Wildman–Crippen MR) is 75.2 cm³/mol. The summed E-state index contributed by atoms with van der Waals surface area (Å²) in [5, 5.41) is 0. The smallest absolute Gasteiger partial charge is 0.238 e. The van der Waals surface area contributed by atoms with Crippen LogP contribution < -0.4 is 0 Å². The highest BCUT2D eigenvalue weighted by Gasteiger charge is 2.28. The van der Waals surface area contributed by atoms with Gasteiger partial charge in [0.2, 0.25) is 6.43 Å². The molecule has 1 rings (SSSR count). The zero-order chi connectivity index (χ0) is 14.1. The molecule has 0 aromatic rings. The van der Waals surface area contributed by atoms with Crippen LogP contribution in [-0.4, -0.2) is 30.5 Å². The lowest BCUT2D eigenvalue weighted by molar-refractivity contribution is 0.0662. The molecule has 3 heteroatoms. The van der Waals surface area contributed by atoms with Crippen molar-refractivity contribution in [3.8, 4) is 0 Å². The second-order valence-corrected chi connectivity index (χ2v) is 5.26. The number of hydrogen-bond acceptors (Lipinski definition) is 1. The van der Waals surface area contributed by atoms with Crippen LogP contribution in [0.3, 0.4) is 0 Å². The first-order valence-electron chi connectivity index (χ1n) is 7.56. The van der Waals surface area contributed by atoms with Crippen molar-refractivity contribution in [3.63, 3.8) is 0 Å². The monoisotopic (exact) mass is 263 g/mol. The molecule has 0 radical (unpaired) electrons. The van der Waals surface area contributed by atoms with Gasteiger partial charge < -0.3 is 4.90 Å². The molecule has 0 bridgehead atoms. The van der Waals surface area contributed by atoms with E-state index in [1.54, 1.807) is 0 Å². The molecule has 0 aromatic carbocycles. The van der Waals surface area contributed by atoms with Crippen LogP contribution in [0.2, 0.25) is 0 Å². The fourth-order valence-electron chi connectivity index (χ4n) is 2.83. The number of alkyl halides is 2. The molecule has 1 unspecified atom stereocenters. The number of nitrogens with zero attached hydrogens (tertiary/aromatic N) is 1. The minimum absolute atomic E-state index is 0.100. The Balaban J connectivity index is 0.00000137. The molecule has 1 aliphatic rings. The number of likely N-dealkylation sites (tertiary alicyclic amines) is 1. The lowest BCUT2D eigenvalue weighted by Gasteiger charge is -2.37. The van der Waals surface area contributed by atoms with Gasteiger partial charge in [-0.25, -0.2) is 8.78 Å². The maximum atomic E-state index is 12.4. The zero-order valence-corrected chi connectivity index (χ0v) is 12.8. The SMILES string of the molecule is CC.CCC(CC(F)F)C1CCN(C(C)C)CC1. The molecule has 0 N–H and O–H groups in total. The molecule has 1 fully saturated rings. The summed E-state index contributed by atoms with van der Waals surface area (Å²) < 4.78 is 24.8. The number of hydrogen-bond donors (Lipinski definition) is 0. The van der Waals surface area contributed by atoms with E-state index in [9.17, 15) is 8.78 Å². The van der Waals surface area contributed by atoms with Gasteiger partial charge in [0.05, 0.1) is 0 Å². The van der Waals surface area contributed by atoms with E-state index < -0.39 is 6.43 Å². The largest absolute Gasteiger partial charge is 0.301 e. The summed E-state index contributed by atoms with van der Waals surface area (Å²) in [6, 6.07) is 0.594. The van der Waals surface area contributed by atoms with E-state index >= 15 is 0 Å². The van der Waals surface area contributed by atoms with Crippen LogP contribution in [0.15, 0.2) is 0 Å². The quantitative estimate of drug-likeness (QED) is 0.687. The van der Waals surface area contributed by atoms with Crippen molar-refractivity contribution in [1.82, 2.24) is 4.90 Å². The van der Waals surface area contributed by atoms with E-state index in [2.05, 4.69) is 18.7 Å². The second-order valence-electron chi connectivity index (χ2n) is 5.26. The molecule has 1 nitrogen and oxygen atoms in total. The van der Waals surface area contributed by atoms with Crippen LogP contribution >= 0.6 is 0 Å². The van der Waals surface area contributed by atoms with Crippen LogP contribution in [0.5, 0.6) is 0 Å². The van der Waals surface area contributed by atoms with Gasteiger partial charge in [-0.15, -0.1) is 0 Å². The lowest BCUT2D eigenvalue weighted by atomic mass is 9.80. The van der Waals surface area contributed by atoms with Gasteiger partial charge in [-0.1, -0.05) is 27.2 Å². The fourth-order valence-corrected chi connectivity index (χ4v) is 2.83. The van der Waals surface area contributed by atoms with E-state index in [0.29, 0.717) is 12.0 Å². The summed E-state index contributed by atoms with van der Waals surface area (Å²) in [4.78, 5) is 2.45. The van der Waals surface area contributed by atoms with Gasteiger partial charge in [-0.3, -0.25) is 0 Å². The summed E-state index contributed by atoms with van der Waals surface area (Å²) in [5.74, 6) is 0.753. The Kier molecular flexibility index (Phi) is 9.61. The van der Waals surface area contributed by atoms with Crippen molar-refractivity contribution in [2.75, 3.05) is 13.1 Å². The Hall–Kier alpha value is -0.180. The topological polar surface area (TPSA) is 3.24 Å². The Morgan fingerprint density at radius 1 is 1.11 bits per heavy atom. The average molecular weight is 263 g/mol. The first kappa shape index (κ1) is 17.8. The molecule has 1 atom stereocenters. The Labute approximate surface area is 112 Å². The molecule has 0 amide bonds. The van der Waals surface area contributed by atoms with Gasteiger partial charge in [0, 0.05) is 12.5 Å². The average Bonchev–Trinajstić information content (AvgIpc) is 2.38. The van der Waals surface area contributed by atoms with Crippen molar-refractivity contribution < 1.29 is 8.78 Å². The van der Waals surface area contributed by atoms with Crippen LogP contribution in [0.1, 0.15) is 60.3 Å². The molecule has 18 heavy (non-hydrogen) atoms. The molecular weight excluding hydrogens is 232 g/mol. The van der Waals surface area contributed by atoms with Gasteiger partial charge in [0.1, 0.15) is 0 Å². The molecule has 0 aromatic heterocycles. The molecule has 1 saturated heterocycles. The number of piperidine rings is 1. The van der Waals surface area contributed by atoms with Gasteiger partial charge >= 0.3 is 0 Å². The Morgan fingerprint density at radius 2 is 1.61 bits per heavy atom. The van der Waals surface area contributed by atoms with E-state index in [1.165, 1.54) is 0 Å². The summed E-state index contributed by atoms with van der Waals surface area (Å²) in [5.41, 5.74) is 0. The first-order chi connectivity index (χ1) is 8.54. The van der Waals surface area contributed by atoms with E-state index in [4.69, 9.17) is 0 Å². The third-order valence-corrected chi connectivity index (χ3v) is 3.98. The zero-order valence-electron chi connectivity index (χ0n) is 12.8. The second kappa shape index (κ2) is 9.71. The highest BCUT2D eigenvalue weighted by atomic mass is 19.3. The van der Waals surface area contributed by atoms with Crippen molar-refractivity contribution >= 4 is 0 Å². The van der Waals surface area contributed by atoms with E-state index in [1.807, 2.05) is 20.8 Å². The summed E-state index contributed by atoms with van der Waals surface area (Å²) >= 11 is 0. The van der Waals surface area contributed by atoms with Gasteiger partial charge in [-0.05, 0) is 51.6 Å². The lowest BCUT2D eigenvalue weighted by Crippen LogP contribution is -2.40. The van der Waals surface area contributed by atoms with Crippen LogP contribution in [0.4, 0.5) is 8.78 Å². The van der Waals surface area contributed by atoms with E-state index in [0.717, 1.165) is 32.4 Å². The fraction of sp³-hybridized carbons (Fsp3) is 1.00. The maximum absolute atomic E-state index is 12.4. The predicted octanol–water partition coefficient (Wildman–Crippen LogP) is 4.81. The highest BCUT2D eigenvalue weighted by Crippen LogP contribution is 2.31. The van der Waals surface area contributed by atoms with Crippen LogP contribution in [-0.2, 0) is 0 Å². The first-order valence-corrected chi connectivity index (χ1v) is 7.56. The third kappa shape index (κ3) is 6.12. The summed E-state index contributed by atoms with van der Waals surface area (Å²) in [6.45, 7) is 12.6. The molecule has 1 heterocycles. The highest BCUT2D eigenvalue weighted by molar-refractivity contribution is 4.79.